The molecule has 0 radical (unpaired) electrons. The molecule has 0 amide bonds. The molecule has 0 heterocycles. The van der Waals surface area contributed by atoms with E-state index in [2.05, 4.69) is 25.7 Å². The van der Waals surface area contributed by atoms with E-state index in [0.717, 1.165) is 0 Å². The Balaban J connectivity index is 3.84. The summed E-state index contributed by atoms with van der Waals surface area (Å²) in [5.41, 5.74) is 1.31. The van der Waals surface area contributed by atoms with Crippen molar-refractivity contribution in [2.24, 2.45) is 0 Å². The lowest BCUT2D eigenvalue weighted by Crippen LogP contribution is -2.21. The highest BCUT2D eigenvalue weighted by molar-refractivity contribution is 5.12. The monoisotopic (exact) mass is 125 g/mol. The maximum atomic E-state index is 3.61. The van der Waals surface area contributed by atoms with Gasteiger partial charge in [-0.2, -0.15) is 0 Å². The molecule has 0 fully saturated rings. The van der Waals surface area contributed by atoms with Gasteiger partial charge in [0.25, 0.3) is 0 Å². The van der Waals surface area contributed by atoms with Crippen molar-refractivity contribution in [3.8, 4) is 0 Å². The molecule has 0 rings (SSSR count). The second-order valence-corrected chi connectivity index (χ2v) is 2.16. The van der Waals surface area contributed by atoms with Gasteiger partial charge in [0.1, 0.15) is 0 Å². The number of likely N-dealkylation sites (N-methyl/N-ethyl adjacent to an activating group) is 1. The molecule has 1 nitrogen and oxygen atoms in total. The van der Waals surface area contributed by atoms with Crippen LogP contribution in [0.25, 0.3) is 0 Å². The first-order valence-electron chi connectivity index (χ1n) is 3.18. The summed E-state index contributed by atoms with van der Waals surface area (Å²) in [5, 5.41) is 3.13. The van der Waals surface area contributed by atoms with Gasteiger partial charge in [-0.1, -0.05) is 24.3 Å². The van der Waals surface area contributed by atoms with E-state index in [1.165, 1.54) is 5.57 Å². The highest BCUT2D eigenvalue weighted by Crippen LogP contribution is 1.98. The summed E-state index contributed by atoms with van der Waals surface area (Å²) in [7, 11) is 1.95. The van der Waals surface area contributed by atoms with Crippen molar-refractivity contribution in [1.82, 2.24) is 5.32 Å². The van der Waals surface area contributed by atoms with Crippen LogP contribution in [0.5, 0.6) is 0 Å². The highest BCUT2D eigenvalue weighted by Gasteiger charge is 1.96. The summed E-state index contributed by atoms with van der Waals surface area (Å²) in [6.45, 7) is 7.82. The van der Waals surface area contributed by atoms with Crippen molar-refractivity contribution in [2.75, 3.05) is 7.05 Å². The molecule has 1 unspecified atom stereocenters. The zero-order valence-electron chi connectivity index (χ0n) is 6.44. The molecule has 0 saturated heterocycles. The van der Waals surface area contributed by atoms with Crippen molar-refractivity contribution in [3.05, 3.63) is 24.3 Å². The average molecular weight is 125 g/mol. The topological polar surface area (TPSA) is 12.0 Å². The van der Waals surface area contributed by atoms with Crippen molar-refractivity contribution < 1.29 is 0 Å². The number of rotatable bonds is 3. The minimum atomic E-state index is 0.461. The fraction of sp³-hybridized carbons (Fsp3) is 0.500. The lowest BCUT2D eigenvalue weighted by molar-refractivity contribution is 0.692. The Morgan fingerprint density at radius 3 is 2.56 bits per heavy atom. The minimum Gasteiger partial charge on any atom is -0.314 e. The van der Waals surface area contributed by atoms with Gasteiger partial charge in [0.2, 0.25) is 0 Å². The van der Waals surface area contributed by atoms with Crippen molar-refractivity contribution in [2.45, 2.75) is 19.9 Å². The lowest BCUT2D eigenvalue weighted by atomic mass is 10.1. The first-order valence-corrected chi connectivity index (χ1v) is 3.18. The molecule has 1 atom stereocenters. The maximum Gasteiger partial charge on any atom is 0.0248 e. The molecule has 0 aromatic rings. The number of allylic oxidation sites excluding steroid dienone is 2. The third-order valence-corrected chi connectivity index (χ3v) is 1.50. The SMILES string of the molecule is C=C/C=C(/C)C(C)NC. The Bertz CT molecular complexity index is 114. The van der Waals surface area contributed by atoms with Gasteiger partial charge in [-0.25, -0.2) is 0 Å². The summed E-state index contributed by atoms with van der Waals surface area (Å²) in [6.07, 6.45) is 3.82. The molecular formula is C8H15N. The largest absolute Gasteiger partial charge is 0.314 e. The summed E-state index contributed by atoms with van der Waals surface area (Å²) >= 11 is 0. The van der Waals surface area contributed by atoms with Gasteiger partial charge in [0.15, 0.2) is 0 Å². The van der Waals surface area contributed by atoms with Crippen LogP contribution >= 0.6 is 0 Å². The molecule has 0 aromatic heterocycles. The average Bonchev–Trinajstić information content (AvgIpc) is 1.87. The number of hydrogen-bond donors (Lipinski definition) is 1. The van der Waals surface area contributed by atoms with Crippen LogP contribution in [-0.2, 0) is 0 Å². The molecule has 0 bridgehead atoms. The van der Waals surface area contributed by atoms with Gasteiger partial charge in [-0.3, -0.25) is 0 Å². The van der Waals surface area contributed by atoms with E-state index in [-0.39, 0.29) is 0 Å². The van der Waals surface area contributed by atoms with E-state index in [0.29, 0.717) is 6.04 Å². The molecule has 0 aromatic carbocycles. The van der Waals surface area contributed by atoms with Gasteiger partial charge in [0.05, 0.1) is 0 Å². The standard InChI is InChI=1S/C8H15N/c1-5-6-7(2)8(3)9-4/h5-6,8-9H,1H2,2-4H3/b7-6-. The quantitative estimate of drug-likeness (QED) is 0.566. The Morgan fingerprint density at radius 1 is 1.67 bits per heavy atom. The summed E-state index contributed by atoms with van der Waals surface area (Å²) < 4.78 is 0. The zero-order chi connectivity index (χ0) is 7.28. The molecule has 0 saturated carbocycles. The van der Waals surface area contributed by atoms with Crippen molar-refractivity contribution in [3.63, 3.8) is 0 Å². The third-order valence-electron chi connectivity index (χ3n) is 1.50. The molecule has 52 valence electrons. The smallest absolute Gasteiger partial charge is 0.0248 e. The predicted molar refractivity (Wildman–Crippen MR) is 42.5 cm³/mol. The molecule has 1 N–H and O–H groups in total. The van der Waals surface area contributed by atoms with Gasteiger partial charge in [0, 0.05) is 6.04 Å². The van der Waals surface area contributed by atoms with Crippen molar-refractivity contribution >= 4 is 0 Å². The van der Waals surface area contributed by atoms with Gasteiger partial charge >= 0.3 is 0 Å². The zero-order valence-corrected chi connectivity index (χ0v) is 6.44. The Morgan fingerprint density at radius 2 is 2.22 bits per heavy atom. The normalized spacial score (nSPS) is 15.2. The molecular weight excluding hydrogens is 110 g/mol. The lowest BCUT2D eigenvalue weighted by Gasteiger charge is -2.08. The van der Waals surface area contributed by atoms with E-state index >= 15 is 0 Å². The Hall–Kier alpha value is -0.560. The fourth-order valence-electron chi connectivity index (χ4n) is 0.558. The second-order valence-electron chi connectivity index (χ2n) is 2.16. The number of nitrogens with one attached hydrogen (secondary N) is 1. The maximum absolute atomic E-state index is 3.61. The molecule has 0 spiro atoms. The fourth-order valence-corrected chi connectivity index (χ4v) is 0.558. The first kappa shape index (κ1) is 8.44. The van der Waals surface area contributed by atoms with Crippen LogP contribution in [0.1, 0.15) is 13.8 Å². The Kier molecular flexibility index (Phi) is 4.06. The molecule has 0 aliphatic carbocycles. The van der Waals surface area contributed by atoms with E-state index in [9.17, 15) is 0 Å². The van der Waals surface area contributed by atoms with Crippen molar-refractivity contribution in [1.29, 1.82) is 0 Å². The van der Waals surface area contributed by atoms with E-state index in [1.807, 2.05) is 19.2 Å². The van der Waals surface area contributed by atoms with E-state index in [4.69, 9.17) is 0 Å². The van der Waals surface area contributed by atoms with Gasteiger partial charge in [-0.15, -0.1) is 0 Å². The molecule has 9 heavy (non-hydrogen) atoms. The highest BCUT2D eigenvalue weighted by atomic mass is 14.8. The van der Waals surface area contributed by atoms with Crippen LogP contribution in [0.3, 0.4) is 0 Å². The van der Waals surface area contributed by atoms with Gasteiger partial charge < -0.3 is 5.32 Å². The van der Waals surface area contributed by atoms with Crippen LogP contribution in [0.4, 0.5) is 0 Å². The summed E-state index contributed by atoms with van der Waals surface area (Å²) in [5.74, 6) is 0. The van der Waals surface area contributed by atoms with Crippen LogP contribution in [0, 0.1) is 0 Å². The number of hydrogen-bond acceptors (Lipinski definition) is 1. The first-order chi connectivity index (χ1) is 4.22. The second kappa shape index (κ2) is 4.33. The third kappa shape index (κ3) is 3.09. The van der Waals surface area contributed by atoms with E-state index < -0.39 is 0 Å². The van der Waals surface area contributed by atoms with Crippen LogP contribution in [0.2, 0.25) is 0 Å². The Labute approximate surface area is 57.5 Å². The summed E-state index contributed by atoms with van der Waals surface area (Å²) in [4.78, 5) is 0. The summed E-state index contributed by atoms with van der Waals surface area (Å²) in [6, 6.07) is 0.461. The molecule has 0 aliphatic heterocycles. The molecule has 0 aliphatic rings. The van der Waals surface area contributed by atoms with E-state index in [1.54, 1.807) is 0 Å². The predicted octanol–water partition coefficient (Wildman–Crippen LogP) is 1.73. The van der Waals surface area contributed by atoms with Crippen LogP contribution in [0.15, 0.2) is 24.3 Å². The minimum absolute atomic E-state index is 0.461. The van der Waals surface area contributed by atoms with Crippen LogP contribution in [-0.4, -0.2) is 13.1 Å². The molecule has 1 heteroatoms. The van der Waals surface area contributed by atoms with Crippen LogP contribution < -0.4 is 5.32 Å². The van der Waals surface area contributed by atoms with Gasteiger partial charge in [-0.05, 0) is 20.9 Å².